The van der Waals surface area contributed by atoms with Crippen LogP contribution < -0.4 is 5.32 Å². The van der Waals surface area contributed by atoms with E-state index in [2.05, 4.69) is 10.3 Å². The summed E-state index contributed by atoms with van der Waals surface area (Å²) >= 11 is 5.41. The topological polar surface area (TPSA) is 46.9 Å². The third-order valence-corrected chi connectivity index (χ3v) is 3.02. The first-order valence-corrected chi connectivity index (χ1v) is 5.90. The first-order valence-electron chi connectivity index (χ1n) is 5.36. The summed E-state index contributed by atoms with van der Waals surface area (Å²) in [6.45, 7) is 2.45. The summed E-state index contributed by atoms with van der Waals surface area (Å²) in [6.07, 6.45) is 0. The quantitative estimate of drug-likeness (QED) is 0.845. The van der Waals surface area contributed by atoms with Crippen molar-refractivity contribution in [3.05, 3.63) is 29.6 Å². The summed E-state index contributed by atoms with van der Waals surface area (Å²) in [6, 6.07) is 5.98. The zero-order valence-electron chi connectivity index (χ0n) is 9.83. The number of aryl methyl sites for hydroxylation is 2. The second-order valence-corrected chi connectivity index (χ2v) is 4.22. The molecule has 0 aliphatic rings. The highest BCUT2D eigenvalue weighted by Gasteiger charge is 2.05. The molecule has 0 atom stereocenters. The van der Waals surface area contributed by atoms with Crippen LogP contribution in [0, 0.1) is 6.92 Å². The van der Waals surface area contributed by atoms with Gasteiger partial charge in [0.25, 0.3) is 0 Å². The summed E-state index contributed by atoms with van der Waals surface area (Å²) in [5, 5.41) is 2.73. The molecule has 1 aromatic carbocycles. The molecule has 1 N–H and O–H groups in total. The number of benzene rings is 1. The molecule has 0 radical (unpaired) electrons. The molecule has 90 valence electrons. The standard InChI is InChI=1S/C12H14ClN3O/c1-8-15-10-5-9(7-14-12(17)6-13)3-4-11(10)16(8)2/h3-5H,6-7H2,1-2H3,(H,14,17). The number of hydrogen-bond acceptors (Lipinski definition) is 2. The van der Waals surface area contributed by atoms with Gasteiger partial charge in [-0.1, -0.05) is 6.07 Å². The van der Waals surface area contributed by atoms with Gasteiger partial charge in [0.05, 0.1) is 11.0 Å². The molecule has 0 spiro atoms. The van der Waals surface area contributed by atoms with Crippen LogP contribution in [0.4, 0.5) is 0 Å². The van der Waals surface area contributed by atoms with Crippen molar-refractivity contribution in [1.82, 2.24) is 14.9 Å². The number of carbonyl (C=O) groups excluding carboxylic acids is 1. The van der Waals surface area contributed by atoms with E-state index in [9.17, 15) is 4.79 Å². The smallest absolute Gasteiger partial charge is 0.235 e. The van der Waals surface area contributed by atoms with E-state index in [-0.39, 0.29) is 11.8 Å². The summed E-state index contributed by atoms with van der Waals surface area (Å²) in [7, 11) is 1.99. The number of halogens is 1. The molecule has 2 aromatic rings. The van der Waals surface area contributed by atoms with Crippen molar-refractivity contribution in [3.8, 4) is 0 Å². The fourth-order valence-electron chi connectivity index (χ4n) is 1.72. The van der Waals surface area contributed by atoms with Crippen molar-refractivity contribution >= 4 is 28.5 Å². The van der Waals surface area contributed by atoms with Gasteiger partial charge in [-0.2, -0.15) is 0 Å². The molecule has 5 heteroatoms. The van der Waals surface area contributed by atoms with E-state index in [1.54, 1.807) is 0 Å². The maximum absolute atomic E-state index is 11.0. The Morgan fingerprint density at radius 2 is 2.29 bits per heavy atom. The van der Waals surface area contributed by atoms with Gasteiger partial charge in [0, 0.05) is 13.6 Å². The predicted molar refractivity (Wildman–Crippen MR) is 68.0 cm³/mol. The second-order valence-electron chi connectivity index (χ2n) is 3.95. The van der Waals surface area contributed by atoms with Crippen LogP contribution in [0.3, 0.4) is 0 Å². The van der Waals surface area contributed by atoms with Gasteiger partial charge < -0.3 is 9.88 Å². The maximum atomic E-state index is 11.0. The van der Waals surface area contributed by atoms with Gasteiger partial charge >= 0.3 is 0 Å². The minimum absolute atomic E-state index is 0.00899. The average Bonchev–Trinajstić information content (AvgIpc) is 2.62. The Bertz CT molecular complexity index is 562. The third kappa shape index (κ3) is 2.42. The van der Waals surface area contributed by atoms with Crippen LogP contribution in [-0.4, -0.2) is 21.3 Å². The van der Waals surface area contributed by atoms with Gasteiger partial charge in [0.2, 0.25) is 5.91 Å². The highest BCUT2D eigenvalue weighted by Crippen LogP contribution is 2.16. The van der Waals surface area contributed by atoms with E-state index >= 15 is 0 Å². The largest absolute Gasteiger partial charge is 0.351 e. The number of nitrogens with one attached hydrogen (secondary N) is 1. The number of alkyl halides is 1. The molecule has 0 aliphatic carbocycles. The van der Waals surface area contributed by atoms with Gasteiger partial charge in [-0.3, -0.25) is 4.79 Å². The van der Waals surface area contributed by atoms with Crippen LogP contribution in [0.5, 0.6) is 0 Å². The van der Waals surface area contributed by atoms with Gasteiger partial charge in [-0.05, 0) is 24.6 Å². The number of fused-ring (bicyclic) bond motifs is 1. The summed E-state index contributed by atoms with van der Waals surface area (Å²) in [4.78, 5) is 15.5. The average molecular weight is 252 g/mol. The molecule has 1 heterocycles. The second kappa shape index (κ2) is 4.75. The lowest BCUT2D eigenvalue weighted by Gasteiger charge is -2.03. The summed E-state index contributed by atoms with van der Waals surface area (Å²) in [5.74, 6) is 0.802. The van der Waals surface area contributed by atoms with Crippen molar-refractivity contribution < 1.29 is 4.79 Å². The Morgan fingerprint density at radius 1 is 1.53 bits per heavy atom. The molecule has 0 unspecified atom stereocenters. The molecule has 2 rings (SSSR count). The van der Waals surface area contributed by atoms with Crippen LogP contribution in [0.25, 0.3) is 11.0 Å². The van der Waals surface area contributed by atoms with E-state index in [1.807, 2.05) is 36.7 Å². The van der Waals surface area contributed by atoms with Gasteiger partial charge in [-0.25, -0.2) is 4.98 Å². The van der Waals surface area contributed by atoms with Crippen molar-refractivity contribution in [3.63, 3.8) is 0 Å². The van der Waals surface area contributed by atoms with E-state index in [4.69, 9.17) is 11.6 Å². The number of carbonyl (C=O) groups is 1. The predicted octanol–water partition coefficient (Wildman–Crippen LogP) is 1.74. The molecule has 1 aromatic heterocycles. The maximum Gasteiger partial charge on any atom is 0.235 e. The molecular formula is C12H14ClN3O. The number of hydrogen-bond donors (Lipinski definition) is 1. The summed E-state index contributed by atoms with van der Waals surface area (Å²) in [5.41, 5.74) is 3.06. The fourth-order valence-corrected chi connectivity index (χ4v) is 1.82. The Hall–Kier alpha value is -1.55. The fraction of sp³-hybridized carbons (Fsp3) is 0.333. The Morgan fingerprint density at radius 3 is 3.00 bits per heavy atom. The minimum Gasteiger partial charge on any atom is -0.351 e. The normalized spacial score (nSPS) is 10.8. The molecule has 0 aliphatic heterocycles. The molecule has 0 fully saturated rings. The Labute approximate surface area is 105 Å². The van der Waals surface area contributed by atoms with Crippen LogP contribution in [0.15, 0.2) is 18.2 Å². The van der Waals surface area contributed by atoms with Crippen LogP contribution in [-0.2, 0) is 18.4 Å². The van der Waals surface area contributed by atoms with Crippen molar-refractivity contribution in [2.24, 2.45) is 7.05 Å². The van der Waals surface area contributed by atoms with Crippen LogP contribution >= 0.6 is 11.6 Å². The van der Waals surface area contributed by atoms with E-state index < -0.39 is 0 Å². The molecule has 17 heavy (non-hydrogen) atoms. The van der Waals surface area contributed by atoms with E-state index in [1.165, 1.54) is 0 Å². The minimum atomic E-state index is -0.163. The Kier molecular flexibility index (Phi) is 3.33. The number of rotatable bonds is 3. The molecule has 0 saturated heterocycles. The SMILES string of the molecule is Cc1nc2cc(CNC(=O)CCl)ccc2n1C. The summed E-state index contributed by atoms with van der Waals surface area (Å²) < 4.78 is 2.04. The molecular weight excluding hydrogens is 238 g/mol. The van der Waals surface area contributed by atoms with Crippen molar-refractivity contribution in [2.45, 2.75) is 13.5 Å². The lowest BCUT2D eigenvalue weighted by Crippen LogP contribution is -2.23. The van der Waals surface area contributed by atoms with E-state index in [0.29, 0.717) is 6.54 Å². The van der Waals surface area contributed by atoms with Gasteiger partial charge in [0.15, 0.2) is 0 Å². The van der Waals surface area contributed by atoms with Crippen molar-refractivity contribution in [1.29, 1.82) is 0 Å². The first-order chi connectivity index (χ1) is 8.11. The lowest BCUT2D eigenvalue weighted by atomic mass is 10.2. The molecule has 0 bridgehead atoms. The number of nitrogens with zero attached hydrogens (tertiary/aromatic N) is 2. The molecule has 4 nitrogen and oxygen atoms in total. The highest BCUT2D eigenvalue weighted by molar-refractivity contribution is 6.27. The van der Waals surface area contributed by atoms with E-state index in [0.717, 1.165) is 22.4 Å². The first kappa shape index (κ1) is 11.9. The number of amides is 1. The zero-order valence-corrected chi connectivity index (χ0v) is 10.6. The van der Waals surface area contributed by atoms with Gasteiger partial charge in [-0.15, -0.1) is 11.6 Å². The van der Waals surface area contributed by atoms with Crippen LogP contribution in [0.2, 0.25) is 0 Å². The number of imidazole rings is 1. The third-order valence-electron chi connectivity index (χ3n) is 2.78. The number of aromatic nitrogens is 2. The molecule has 1 amide bonds. The Balaban J connectivity index is 2.23. The molecule has 0 saturated carbocycles. The lowest BCUT2D eigenvalue weighted by molar-refractivity contribution is -0.118. The monoisotopic (exact) mass is 251 g/mol. The van der Waals surface area contributed by atoms with Gasteiger partial charge in [0.1, 0.15) is 11.7 Å². The highest BCUT2D eigenvalue weighted by atomic mass is 35.5. The zero-order chi connectivity index (χ0) is 12.4. The van der Waals surface area contributed by atoms with Crippen LogP contribution in [0.1, 0.15) is 11.4 Å². The van der Waals surface area contributed by atoms with Crippen molar-refractivity contribution in [2.75, 3.05) is 5.88 Å².